The van der Waals surface area contributed by atoms with E-state index in [4.69, 9.17) is 0 Å². The maximum atomic E-state index is 11.7. The Labute approximate surface area is 79.2 Å². The van der Waals surface area contributed by atoms with E-state index >= 15 is 0 Å². The van der Waals surface area contributed by atoms with Crippen molar-refractivity contribution in [2.24, 2.45) is 0 Å². The van der Waals surface area contributed by atoms with Gasteiger partial charge in [0.25, 0.3) is 5.78 Å². The molecule has 0 aliphatic heterocycles. The Morgan fingerprint density at radius 2 is 2.50 bits per heavy atom. The second-order valence-corrected chi connectivity index (χ2v) is 2.58. The Kier molecular flexibility index (Phi) is 2.05. The van der Waals surface area contributed by atoms with Crippen LogP contribution in [0, 0.1) is 0 Å². The Hall–Kier alpha value is -2.05. The molecule has 1 N–H and O–H groups in total. The lowest BCUT2D eigenvalue weighted by atomic mass is 10.3. The molecule has 72 valence electrons. The maximum absolute atomic E-state index is 11.7. The molecule has 2 rings (SSSR count). The van der Waals surface area contributed by atoms with Crippen molar-refractivity contribution in [3.05, 3.63) is 24.0 Å². The summed E-state index contributed by atoms with van der Waals surface area (Å²) < 4.78 is 1.51. The van der Waals surface area contributed by atoms with Crippen LogP contribution in [0.15, 0.2) is 12.5 Å². The monoisotopic (exact) mass is 192 g/mol. The van der Waals surface area contributed by atoms with E-state index in [1.807, 2.05) is 6.92 Å². The summed E-state index contributed by atoms with van der Waals surface area (Å²) in [4.78, 5) is 15.6. The van der Waals surface area contributed by atoms with Gasteiger partial charge in [0.05, 0.1) is 6.20 Å². The number of carbonyl (C=O) groups is 1. The zero-order valence-electron chi connectivity index (χ0n) is 7.51. The van der Waals surface area contributed by atoms with Crippen LogP contribution >= 0.6 is 0 Å². The molecule has 0 saturated carbocycles. The number of nitrogens with one attached hydrogen (secondary N) is 1. The van der Waals surface area contributed by atoms with Crippen LogP contribution in [0.1, 0.15) is 23.2 Å². The number of ketones is 1. The van der Waals surface area contributed by atoms with Crippen LogP contribution in [0.5, 0.6) is 0 Å². The highest BCUT2D eigenvalue weighted by Crippen LogP contribution is 2.02. The predicted molar refractivity (Wildman–Crippen MR) is 45.5 cm³/mol. The molecule has 0 aromatic carbocycles. The highest BCUT2D eigenvalue weighted by molar-refractivity contribution is 6.04. The first-order valence-corrected chi connectivity index (χ1v) is 4.11. The van der Waals surface area contributed by atoms with Crippen molar-refractivity contribution in [1.82, 2.24) is 30.2 Å². The summed E-state index contributed by atoms with van der Waals surface area (Å²) in [6.07, 6.45) is 2.70. The molecule has 0 amide bonds. The predicted octanol–water partition coefficient (Wildman–Crippen LogP) is -0.353. The number of aromatic amines is 1. The van der Waals surface area contributed by atoms with Gasteiger partial charge in [-0.05, 0) is 6.92 Å². The van der Waals surface area contributed by atoms with Crippen LogP contribution in [-0.2, 0) is 6.54 Å². The minimum absolute atomic E-state index is 0.243. The van der Waals surface area contributed by atoms with Crippen molar-refractivity contribution in [2.45, 2.75) is 13.5 Å². The van der Waals surface area contributed by atoms with Gasteiger partial charge in [-0.3, -0.25) is 4.79 Å². The van der Waals surface area contributed by atoms with Crippen LogP contribution in [-0.4, -0.2) is 36.0 Å². The highest BCUT2D eigenvalue weighted by atomic mass is 16.1. The fourth-order valence-corrected chi connectivity index (χ4v) is 1.10. The van der Waals surface area contributed by atoms with Crippen LogP contribution in [0.3, 0.4) is 0 Å². The summed E-state index contributed by atoms with van der Waals surface area (Å²) in [5, 5.41) is 13.5. The first-order chi connectivity index (χ1) is 6.83. The third-order valence-electron chi connectivity index (χ3n) is 1.77. The third kappa shape index (κ3) is 1.28. The summed E-state index contributed by atoms with van der Waals surface area (Å²) in [7, 11) is 0. The SMILES string of the molecule is CCn1ncnc1C(=O)c1cn[nH]n1. The molecule has 2 heterocycles. The minimum Gasteiger partial charge on any atom is -0.283 e. The number of aryl methyl sites for hydroxylation is 1. The number of aromatic nitrogens is 6. The number of hydrogen-bond donors (Lipinski definition) is 1. The number of H-pyrrole nitrogens is 1. The lowest BCUT2D eigenvalue weighted by Gasteiger charge is -1.98. The van der Waals surface area contributed by atoms with Gasteiger partial charge in [-0.25, -0.2) is 9.67 Å². The largest absolute Gasteiger partial charge is 0.283 e. The molecule has 0 bridgehead atoms. The topological polar surface area (TPSA) is 89.4 Å². The molecule has 0 spiro atoms. The van der Waals surface area contributed by atoms with Crippen LogP contribution < -0.4 is 0 Å². The Morgan fingerprint density at radius 3 is 3.14 bits per heavy atom. The van der Waals surface area contributed by atoms with E-state index in [1.54, 1.807) is 0 Å². The summed E-state index contributed by atoms with van der Waals surface area (Å²) in [6, 6.07) is 0. The zero-order valence-corrected chi connectivity index (χ0v) is 7.51. The second-order valence-electron chi connectivity index (χ2n) is 2.58. The van der Waals surface area contributed by atoms with Gasteiger partial charge in [0.2, 0.25) is 5.82 Å². The van der Waals surface area contributed by atoms with Crippen LogP contribution in [0.4, 0.5) is 0 Å². The summed E-state index contributed by atoms with van der Waals surface area (Å²) in [5.74, 6) is -0.000463. The zero-order chi connectivity index (χ0) is 9.97. The molecular weight excluding hydrogens is 184 g/mol. The van der Waals surface area contributed by atoms with Crippen molar-refractivity contribution in [3.8, 4) is 0 Å². The second kappa shape index (κ2) is 3.36. The van der Waals surface area contributed by atoms with Gasteiger partial charge in [-0.1, -0.05) is 0 Å². The van der Waals surface area contributed by atoms with Gasteiger partial charge in [0, 0.05) is 6.54 Å². The molecule has 14 heavy (non-hydrogen) atoms. The standard InChI is InChI=1S/C7H8N6O/c1-2-13-7(8-4-10-13)6(14)5-3-9-12-11-5/h3-4H,2H2,1H3,(H,9,11,12). The quantitative estimate of drug-likeness (QED) is 0.671. The molecule has 7 nitrogen and oxygen atoms in total. The number of nitrogens with zero attached hydrogens (tertiary/aromatic N) is 5. The van der Waals surface area contributed by atoms with Crippen molar-refractivity contribution in [2.75, 3.05) is 0 Å². The van der Waals surface area contributed by atoms with Crippen molar-refractivity contribution in [3.63, 3.8) is 0 Å². The fraction of sp³-hybridized carbons (Fsp3) is 0.286. The first-order valence-electron chi connectivity index (χ1n) is 4.11. The molecule has 0 unspecified atom stereocenters. The molecule has 0 fully saturated rings. The van der Waals surface area contributed by atoms with E-state index in [0.29, 0.717) is 6.54 Å². The van der Waals surface area contributed by atoms with Crippen molar-refractivity contribution in [1.29, 1.82) is 0 Å². The Balaban J connectivity index is 2.36. The van der Waals surface area contributed by atoms with Crippen LogP contribution in [0.25, 0.3) is 0 Å². The normalized spacial score (nSPS) is 10.4. The maximum Gasteiger partial charge on any atom is 0.251 e. The first kappa shape index (κ1) is 8.54. The van der Waals surface area contributed by atoms with E-state index in [9.17, 15) is 4.79 Å². The van der Waals surface area contributed by atoms with E-state index in [-0.39, 0.29) is 17.3 Å². The molecule has 0 saturated heterocycles. The van der Waals surface area contributed by atoms with E-state index in [1.165, 1.54) is 17.2 Å². The highest BCUT2D eigenvalue weighted by Gasteiger charge is 2.17. The van der Waals surface area contributed by atoms with Gasteiger partial charge in [-0.15, -0.1) is 0 Å². The lowest BCUT2D eigenvalue weighted by Crippen LogP contribution is -2.12. The van der Waals surface area contributed by atoms with Gasteiger partial charge < -0.3 is 0 Å². The molecule has 0 atom stereocenters. The third-order valence-corrected chi connectivity index (χ3v) is 1.77. The fourth-order valence-electron chi connectivity index (χ4n) is 1.10. The minimum atomic E-state index is -0.280. The summed E-state index contributed by atoms with van der Waals surface area (Å²) in [5.41, 5.74) is 0.243. The smallest absolute Gasteiger partial charge is 0.251 e. The molecule has 0 aliphatic rings. The average Bonchev–Trinajstić information content (AvgIpc) is 2.87. The molecular formula is C7H8N6O. The van der Waals surface area contributed by atoms with Gasteiger partial charge in [0.1, 0.15) is 6.33 Å². The average molecular weight is 192 g/mol. The molecule has 2 aromatic rings. The van der Waals surface area contributed by atoms with Gasteiger partial charge in [-0.2, -0.15) is 20.5 Å². The summed E-state index contributed by atoms with van der Waals surface area (Å²) in [6.45, 7) is 2.48. The summed E-state index contributed by atoms with van der Waals surface area (Å²) >= 11 is 0. The number of carbonyl (C=O) groups excluding carboxylic acids is 1. The molecule has 0 aliphatic carbocycles. The molecule has 0 radical (unpaired) electrons. The Bertz CT molecular complexity index is 431. The lowest BCUT2D eigenvalue weighted by molar-refractivity contribution is 0.101. The van der Waals surface area contributed by atoms with E-state index in [2.05, 4.69) is 25.5 Å². The van der Waals surface area contributed by atoms with Crippen molar-refractivity contribution >= 4 is 5.78 Å². The number of hydrogen-bond acceptors (Lipinski definition) is 5. The van der Waals surface area contributed by atoms with Gasteiger partial charge in [0.15, 0.2) is 5.69 Å². The van der Waals surface area contributed by atoms with E-state index in [0.717, 1.165) is 0 Å². The number of rotatable bonds is 3. The van der Waals surface area contributed by atoms with Gasteiger partial charge >= 0.3 is 0 Å². The molecule has 2 aromatic heterocycles. The Morgan fingerprint density at radius 1 is 1.64 bits per heavy atom. The van der Waals surface area contributed by atoms with E-state index < -0.39 is 0 Å². The van der Waals surface area contributed by atoms with Crippen molar-refractivity contribution < 1.29 is 4.79 Å². The van der Waals surface area contributed by atoms with Crippen LogP contribution in [0.2, 0.25) is 0 Å². The molecule has 7 heteroatoms.